The topological polar surface area (TPSA) is 92.7 Å². The van der Waals surface area contributed by atoms with E-state index in [0.717, 1.165) is 51.4 Å². The molecular formula is C34H63NO5. The Balaban J connectivity index is 4.23. The Morgan fingerprint density at radius 2 is 1.12 bits per heavy atom. The fourth-order valence-corrected chi connectivity index (χ4v) is 4.89. The van der Waals surface area contributed by atoms with Crippen molar-refractivity contribution in [3.8, 4) is 0 Å². The second-order valence-electron chi connectivity index (χ2n) is 11.4. The van der Waals surface area contributed by atoms with Crippen LogP contribution in [0.25, 0.3) is 0 Å². The van der Waals surface area contributed by atoms with Crippen LogP contribution in [-0.4, -0.2) is 35.6 Å². The molecule has 1 atom stereocenters. The molecule has 0 fully saturated rings. The molecule has 0 aliphatic heterocycles. The molecule has 6 heteroatoms. The smallest absolute Gasteiger partial charge is 0.322 e. The summed E-state index contributed by atoms with van der Waals surface area (Å²) in [6.07, 6.45) is 31.9. The van der Waals surface area contributed by atoms with Crippen molar-refractivity contribution in [3.63, 3.8) is 0 Å². The number of hydrogen-bond donors (Lipinski definition) is 2. The lowest BCUT2D eigenvalue weighted by atomic mass is 10.1. The Morgan fingerprint density at radius 1 is 0.650 bits per heavy atom. The van der Waals surface area contributed by atoms with Gasteiger partial charge in [0.2, 0.25) is 5.91 Å². The van der Waals surface area contributed by atoms with E-state index in [1.165, 1.54) is 96.3 Å². The van der Waals surface area contributed by atoms with E-state index in [9.17, 15) is 14.4 Å². The van der Waals surface area contributed by atoms with E-state index in [1.54, 1.807) is 0 Å². The van der Waals surface area contributed by atoms with Crippen LogP contribution in [0.3, 0.4) is 0 Å². The van der Waals surface area contributed by atoms with Crippen LogP contribution in [0.2, 0.25) is 0 Å². The van der Waals surface area contributed by atoms with Crippen molar-refractivity contribution < 1.29 is 24.2 Å². The van der Waals surface area contributed by atoms with Gasteiger partial charge in [-0.2, -0.15) is 0 Å². The van der Waals surface area contributed by atoms with Gasteiger partial charge in [-0.1, -0.05) is 129 Å². The number of carboxylic acids is 1. The normalized spacial score (nSPS) is 12.1. The molecule has 0 rings (SSSR count). The molecule has 0 aromatic rings. The number of aliphatic carboxylic acids is 1. The fraction of sp³-hybridized carbons (Fsp3) is 0.853. The summed E-state index contributed by atoms with van der Waals surface area (Å²) in [4.78, 5) is 34.7. The SMILES string of the molecule is CCCCCCCCC/C=C\C(CCCCCCC(=O)NCC(=O)O)OC(=O)CCCCCCCCCCCC. The Morgan fingerprint density at radius 3 is 1.68 bits per heavy atom. The van der Waals surface area contributed by atoms with E-state index in [0.29, 0.717) is 12.8 Å². The molecule has 234 valence electrons. The summed E-state index contributed by atoms with van der Waals surface area (Å²) in [5, 5.41) is 11.0. The highest BCUT2D eigenvalue weighted by Gasteiger charge is 2.12. The maximum atomic E-state index is 12.5. The lowest BCUT2D eigenvalue weighted by Crippen LogP contribution is -2.28. The number of hydrogen-bond acceptors (Lipinski definition) is 4. The molecule has 0 saturated heterocycles. The van der Waals surface area contributed by atoms with Crippen molar-refractivity contribution in [2.75, 3.05) is 6.54 Å². The second kappa shape index (κ2) is 30.1. The quantitative estimate of drug-likeness (QED) is 0.0514. The molecule has 0 saturated carbocycles. The number of carboxylic acid groups (broad SMARTS) is 1. The predicted molar refractivity (Wildman–Crippen MR) is 166 cm³/mol. The summed E-state index contributed by atoms with van der Waals surface area (Å²) >= 11 is 0. The minimum absolute atomic E-state index is 0.0831. The van der Waals surface area contributed by atoms with Gasteiger partial charge in [-0.3, -0.25) is 14.4 Å². The van der Waals surface area contributed by atoms with Crippen molar-refractivity contribution in [1.82, 2.24) is 5.32 Å². The molecule has 1 unspecified atom stereocenters. The van der Waals surface area contributed by atoms with Crippen LogP contribution in [0.5, 0.6) is 0 Å². The monoisotopic (exact) mass is 565 g/mol. The zero-order valence-electron chi connectivity index (χ0n) is 26.2. The van der Waals surface area contributed by atoms with E-state index < -0.39 is 5.97 Å². The first-order chi connectivity index (χ1) is 19.5. The standard InChI is InChI=1S/C34H63NO5/c1-3-5-7-9-11-13-15-17-19-25-29-34(39)40-31(26-22-18-16-14-12-10-8-6-4-2)27-23-20-21-24-28-32(36)35-30-33(37)38/h22,26,31H,3-21,23-25,27-30H2,1-2H3,(H,35,36)(H,37,38)/b26-22-. The average molecular weight is 566 g/mol. The van der Waals surface area contributed by atoms with Crippen molar-refractivity contribution in [1.29, 1.82) is 0 Å². The molecule has 2 N–H and O–H groups in total. The molecule has 0 bridgehead atoms. The Hall–Kier alpha value is -1.85. The maximum absolute atomic E-state index is 12.5. The van der Waals surface area contributed by atoms with Gasteiger partial charge in [0.1, 0.15) is 12.6 Å². The van der Waals surface area contributed by atoms with Gasteiger partial charge >= 0.3 is 11.9 Å². The average Bonchev–Trinajstić information content (AvgIpc) is 2.93. The third-order valence-corrected chi connectivity index (χ3v) is 7.42. The van der Waals surface area contributed by atoms with Crippen LogP contribution < -0.4 is 5.32 Å². The van der Waals surface area contributed by atoms with Gasteiger partial charge in [-0.15, -0.1) is 0 Å². The van der Waals surface area contributed by atoms with Gasteiger partial charge in [0.15, 0.2) is 0 Å². The molecular weight excluding hydrogens is 502 g/mol. The maximum Gasteiger partial charge on any atom is 0.322 e. The Labute approximate surface area is 246 Å². The van der Waals surface area contributed by atoms with E-state index in [4.69, 9.17) is 9.84 Å². The minimum Gasteiger partial charge on any atom is -0.480 e. The molecule has 40 heavy (non-hydrogen) atoms. The van der Waals surface area contributed by atoms with E-state index in [-0.39, 0.29) is 24.5 Å². The number of carbonyl (C=O) groups excluding carboxylic acids is 2. The van der Waals surface area contributed by atoms with Crippen LogP contribution in [-0.2, 0) is 19.1 Å². The highest BCUT2D eigenvalue weighted by Crippen LogP contribution is 2.15. The minimum atomic E-state index is -1.03. The largest absolute Gasteiger partial charge is 0.480 e. The number of ether oxygens (including phenoxy) is 1. The van der Waals surface area contributed by atoms with E-state index in [2.05, 4.69) is 31.3 Å². The van der Waals surface area contributed by atoms with Crippen LogP contribution in [0, 0.1) is 0 Å². The number of allylic oxidation sites excluding steroid dienone is 1. The predicted octanol–water partition coefficient (Wildman–Crippen LogP) is 9.45. The van der Waals surface area contributed by atoms with Crippen LogP contribution in [0.4, 0.5) is 0 Å². The van der Waals surface area contributed by atoms with Crippen molar-refractivity contribution in [2.45, 2.75) is 180 Å². The first-order valence-electron chi connectivity index (χ1n) is 16.8. The first-order valence-corrected chi connectivity index (χ1v) is 16.8. The van der Waals surface area contributed by atoms with Crippen molar-refractivity contribution in [2.24, 2.45) is 0 Å². The Kier molecular flexibility index (Phi) is 28.7. The molecule has 0 aliphatic carbocycles. The van der Waals surface area contributed by atoms with Crippen LogP contribution in [0.15, 0.2) is 12.2 Å². The summed E-state index contributed by atoms with van der Waals surface area (Å²) in [5.74, 6) is -1.32. The summed E-state index contributed by atoms with van der Waals surface area (Å²) < 4.78 is 5.86. The zero-order chi connectivity index (χ0) is 29.5. The van der Waals surface area contributed by atoms with Crippen molar-refractivity contribution >= 4 is 17.8 Å². The van der Waals surface area contributed by atoms with Crippen molar-refractivity contribution in [3.05, 3.63) is 12.2 Å². The molecule has 6 nitrogen and oxygen atoms in total. The number of unbranched alkanes of at least 4 members (excludes halogenated alkanes) is 19. The zero-order valence-corrected chi connectivity index (χ0v) is 26.2. The Bertz CT molecular complexity index is 634. The molecule has 0 spiro atoms. The van der Waals surface area contributed by atoms with Gasteiger partial charge in [0, 0.05) is 12.8 Å². The second-order valence-corrected chi connectivity index (χ2v) is 11.4. The number of esters is 1. The van der Waals surface area contributed by atoms with Gasteiger partial charge in [0.05, 0.1) is 0 Å². The number of rotatable bonds is 30. The van der Waals surface area contributed by atoms with Gasteiger partial charge in [-0.25, -0.2) is 0 Å². The third-order valence-electron chi connectivity index (χ3n) is 7.42. The van der Waals surface area contributed by atoms with E-state index in [1.807, 2.05) is 0 Å². The fourth-order valence-electron chi connectivity index (χ4n) is 4.89. The summed E-state index contributed by atoms with van der Waals surface area (Å²) in [6, 6.07) is 0. The molecule has 0 aliphatic rings. The molecule has 0 aromatic carbocycles. The van der Waals surface area contributed by atoms with Gasteiger partial charge < -0.3 is 15.2 Å². The lowest BCUT2D eigenvalue weighted by Gasteiger charge is -2.15. The molecule has 0 radical (unpaired) electrons. The van der Waals surface area contributed by atoms with Gasteiger partial charge in [-0.05, 0) is 44.6 Å². The number of amides is 1. The lowest BCUT2D eigenvalue weighted by molar-refractivity contribution is -0.147. The highest BCUT2D eigenvalue weighted by molar-refractivity contribution is 5.80. The number of carbonyl (C=O) groups is 3. The molecule has 0 aromatic heterocycles. The molecule has 1 amide bonds. The van der Waals surface area contributed by atoms with Crippen LogP contribution in [0.1, 0.15) is 174 Å². The van der Waals surface area contributed by atoms with Crippen LogP contribution >= 0.6 is 0 Å². The first kappa shape index (κ1) is 38.1. The molecule has 0 heterocycles. The summed E-state index contributed by atoms with van der Waals surface area (Å²) in [5.41, 5.74) is 0. The van der Waals surface area contributed by atoms with E-state index >= 15 is 0 Å². The highest BCUT2D eigenvalue weighted by atomic mass is 16.5. The summed E-state index contributed by atoms with van der Waals surface area (Å²) in [7, 11) is 0. The summed E-state index contributed by atoms with van der Waals surface area (Å²) in [6.45, 7) is 4.17. The number of nitrogens with one attached hydrogen (secondary N) is 1. The third kappa shape index (κ3) is 29.1. The van der Waals surface area contributed by atoms with Gasteiger partial charge in [0.25, 0.3) is 0 Å².